The molecule has 3 aliphatic carbocycles. The quantitative estimate of drug-likeness (QED) is 0.835. The van der Waals surface area contributed by atoms with E-state index >= 15 is 0 Å². The number of nitrogens with zero attached hydrogens (tertiary/aromatic N) is 2. The van der Waals surface area contributed by atoms with Crippen molar-refractivity contribution in [1.82, 2.24) is 10.3 Å². The van der Waals surface area contributed by atoms with Gasteiger partial charge in [-0.05, 0) is 74.4 Å². The van der Waals surface area contributed by atoms with Crippen LogP contribution in [0.5, 0.6) is 0 Å². The lowest BCUT2D eigenvalue weighted by Gasteiger charge is -2.29. The van der Waals surface area contributed by atoms with E-state index in [0.717, 1.165) is 49.2 Å². The molecule has 0 bridgehead atoms. The summed E-state index contributed by atoms with van der Waals surface area (Å²) in [6.07, 6.45) is 4.36. The molecule has 4 aliphatic rings. The molecule has 0 unspecified atom stereocenters. The van der Waals surface area contributed by atoms with E-state index in [4.69, 9.17) is 9.72 Å². The molecule has 3 saturated carbocycles. The van der Waals surface area contributed by atoms with Crippen LogP contribution in [0.15, 0.2) is 36.4 Å². The second-order valence-corrected chi connectivity index (χ2v) is 8.94. The number of hydrogen-bond acceptors (Lipinski definition) is 4. The molecule has 7 heteroatoms. The van der Waals surface area contributed by atoms with E-state index in [1.165, 1.54) is 24.3 Å². The molecule has 0 spiro atoms. The first-order valence-corrected chi connectivity index (χ1v) is 10.6. The molecule has 2 atom stereocenters. The Hall–Kier alpha value is -2.96. The summed E-state index contributed by atoms with van der Waals surface area (Å²) < 4.78 is 18.7. The van der Waals surface area contributed by atoms with Crippen LogP contribution in [-0.4, -0.2) is 29.6 Å². The fourth-order valence-corrected chi connectivity index (χ4v) is 4.38. The van der Waals surface area contributed by atoms with Gasteiger partial charge in [0, 0.05) is 18.0 Å². The zero-order chi connectivity index (χ0) is 20.5. The first-order valence-electron chi connectivity index (χ1n) is 10.6. The van der Waals surface area contributed by atoms with E-state index in [1.54, 1.807) is 4.90 Å². The third-order valence-electron chi connectivity index (χ3n) is 6.60. The van der Waals surface area contributed by atoms with Gasteiger partial charge in [0.15, 0.2) is 0 Å². The molecule has 6 rings (SSSR count). The fraction of sp³-hybridized carbons (Fsp3) is 0.435. The Morgan fingerprint density at radius 2 is 1.90 bits per heavy atom. The minimum atomic E-state index is -0.484. The summed E-state index contributed by atoms with van der Waals surface area (Å²) in [5, 5.41) is 3.09. The Morgan fingerprint density at radius 3 is 2.60 bits per heavy atom. The molecule has 2 amide bonds. The Morgan fingerprint density at radius 1 is 1.13 bits per heavy atom. The number of carbonyl (C=O) groups excluding carboxylic acids is 2. The van der Waals surface area contributed by atoms with Crippen LogP contribution in [0, 0.1) is 11.7 Å². The Bertz CT molecular complexity index is 1050. The Balaban J connectivity index is 1.26. The van der Waals surface area contributed by atoms with E-state index in [1.807, 2.05) is 12.1 Å². The van der Waals surface area contributed by atoms with Gasteiger partial charge in [0.1, 0.15) is 11.9 Å². The number of anilines is 1. The number of halogens is 1. The van der Waals surface area contributed by atoms with Crippen molar-refractivity contribution >= 4 is 17.7 Å². The van der Waals surface area contributed by atoms with E-state index in [2.05, 4.69) is 5.32 Å². The highest BCUT2D eigenvalue weighted by atomic mass is 19.1. The van der Waals surface area contributed by atoms with Crippen molar-refractivity contribution in [2.24, 2.45) is 5.92 Å². The van der Waals surface area contributed by atoms with Crippen molar-refractivity contribution in [3.63, 3.8) is 0 Å². The standard InChI is InChI=1S/C23H22FN3O3/c24-15-3-1-13(2-4-15)21(28)26-23(9-10-23)19-8-7-18-20(25-19)17-11-14(17)12-27(18)22(29)30-16-5-6-16/h1-4,7-8,14,16-17H,5-6,9-12H2,(H,26,28)/t14-,17-/m1/s1. The number of amides is 2. The van der Waals surface area contributed by atoms with Crippen LogP contribution in [0.3, 0.4) is 0 Å². The molecule has 1 aliphatic heterocycles. The van der Waals surface area contributed by atoms with Gasteiger partial charge >= 0.3 is 6.09 Å². The number of fused-ring (bicyclic) bond motifs is 3. The molecule has 1 aromatic carbocycles. The van der Waals surface area contributed by atoms with Crippen LogP contribution >= 0.6 is 0 Å². The topological polar surface area (TPSA) is 71.5 Å². The highest BCUT2D eigenvalue weighted by Crippen LogP contribution is 2.55. The molecule has 0 saturated heterocycles. The maximum atomic E-state index is 13.1. The van der Waals surface area contributed by atoms with Crippen molar-refractivity contribution in [2.75, 3.05) is 11.4 Å². The summed E-state index contributed by atoms with van der Waals surface area (Å²) in [6, 6.07) is 9.40. The highest BCUT2D eigenvalue weighted by molar-refractivity contribution is 5.95. The van der Waals surface area contributed by atoms with Crippen LogP contribution in [0.4, 0.5) is 14.9 Å². The van der Waals surface area contributed by atoms with E-state index in [9.17, 15) is 14.0 Å². The summed E-state index contributed by atoms with van der Waals surface area (Å²) in [4.78, 5) is 31.9. The van der Waals surface area contributed by atoms with Crippen LogP contribution in [0.25, 0.3) is 0 Å². The van der Waals surface area contributed by atoms with Crippen LogP contribution in [0.1, 0.15) is 59.8 Å². The molecule has 0 radical (unpaired) electrons. The van der Waals surface area contributed by atoms with Gasteiger partial charge < -0.3 is 10.1 Å². The lowest BCUT2D eigenvalue weighted by atomic mass is 10.0. The number of ether oxygens (including phenoxy) is 1. The summed E-state index contributed by atoms with van der Waals surface area (Å²) in [5.41, 5.74) is 2.56. The summed E-state index contributed by atoms with van der Waals surface area (Å²) in [5.74, 6) is 0.225. The second kappa shape index (κ2) is 6.27. The van der Waals surface area contributed by atoms with Gasteiger partial charge in [-0.1, -0.05) is 0 Å². The molecular formula is C23H22FN3O3. The van der Waals surface area contributed by atoms with Crippen molar-refractivity contribution in [3.8, 4) is 0 Å². The molecule has 1 aromatic heterocycles. The third kappa shape index (κ3) is 3.04. The van der Waals surface area contributed by atoms with Crippen LogP contribution in [0.2, 0.25) is 0 Å². The van der Waals surface area contributed by atoms with Crippen molar-refractivity contribution < 1.29 is 18.7 Å². The first-order chi connectivity index (χ1) is 14.5. The number of aromatic nitrogens is 1. The van der Waals surface area contributed by atoms with E-state index in [-0.39, 0.29) is 23.9 Å². The summed E-state index contributed by atoms with van der Waals surface area (Å²) in [6.45, 7) is 0.691. The SMILES string of the molecule is O=C(NC1(c2ccc3c(n2)[C@@H]2C[C@@H]2CN3C(=O)OC2CC2)CC1)c1ccc(F)cc1. The lowest BCUT2D eigenvalue weighted by Crippen LogP contribution is -2.38. The zero-order valence-corrected chi connectivity index (χ0v) is 16.4. The monoisotopic (exact) mass is 407 g/mol. The molecule has 1 N–H and O–H groups in total. The fourth-order valence-electron chi connectivity index (χ4n) is 4.38. The minimum Gasteiger partial charge on any atom is -0.446 e. The summed E-state index contributed by atoms with van der Waals surface area (Å²) in [7, 11) is 0. The Labute approximate surface area is 173 Å². The zero-order valence-electron chi connectivity index (χ0n) is 16.4. The highest BCUT2D eigenvalue weighted by Gasteiger charge is 2.51. The Kier molecular flexibility index (Phi) is 3.73. The lowest BCUT2D eigenvalue weighted by molar-refractivity contribution is 0.0929. The van der Waals surface area contributed by atoms with Crippen molar-refractivity contribution in [1.29, 1.82) is 0 Å². The third-order valence-corrected chi connectivity index (χ3v) is 6.60. The van der Waals surface area contributed by atoms with Crippen LogP contribution < -0.4 is 10.2 Å². The predicted octanol–water partition coefficient (Wildman–Crippen LogP) is 3.86. The number of pyridine rings is 1. The number of carbonyl (C=O) groups is 2. The number of nitrogens with one attached hydrogen (secondary N) is 1. The first kappa shape index (κ1) is 17.9. The van der Waals surface area contributed by atoms with Gasteiger partial charge in [0.2, 0.25) is 0 Å². The molecule has 2 heterocycles. The van der Waals surface area contributed by atoms with Gasteiger partial charge in [-0.2, -0.15) is 0 Å². The molecule has 6 nitrogen and oxygen atoms in total. The average molecular weight is 407 g/mol. The number of benzene rings is 1. The average Bonchev–Trinajstić information content (AvgIpc) is 3.58. The van der Waals surface area contributed by atoms with Gasteiger partial charge in [0.05, 0.1) is 22.6 Å². The van der Waals surface area contributed by atoms with Gasteiger partial charge in [-0.25, -0.2) is 9.18 Å². The molecule has 30 heavy (non-hydrogen) atoms. The van der Waals surface area contributed by atoms with Crippen molar-refractivity contribution in [2.45, 2.75) is 49.7 Å². The molecule has 154 valence electrons. The van der Waals surface area contributed by atoms with E-state index in [0.29, 0.717) is 23.9 Å². The summed E-state index contributed by atoms with van der Waals surface area (Å²) >= 11 is 0. The normalized spacial score (nSPS) is 25.0. The smallest absolute Gasteiger partial charge is 0.414 e. The minimum absolute atomic E-state index is 0.0708. The molecular weight excluding hydrogens is 385 g/mol. The van der Waals surface area contributed by atoms with Crippen molar-refractivity contribution in [3.05, 3.63) is 59.2 Å². The maximum absolute atomic E-state index is 13.1. The number of rotatable bonds is 4. The van der Waals surface area contributed by atoms with Gasteiger partial charge in [-0.15, -0.1) is 0 Å². The maximum Gasteiger partial charge on any atom is 0.414 e. The largest absolute Gasteiger partial charge is 0.446 e. The second-order valence-electron chi connectivity index (χ2n) is 8.94. The van der Waals surface area contributed by atoms with Gasteiger partial charge in [-0.3, -0.25) is 14.7 Å². The van der Waals surface area contributed by atoms with Gasteiger partial charge in [0.25, 0.3) is 5.91 Å². The van der Waals surface area contributed by atoms with Crippen LogP contribution in [-0.2, 0) is 10.3 Å². The number of hydrogen-bond donors (Lipinski definition) is 1. The van der Waals surface area contributed by atoms with E-state index < -0.39 is 5.54 Å². The molecule has 3 fully saturated rings. The predicted molar refractivity (Wildman–Crippen MR) is 107 cm³/mol. The molecule has 2 aromatic rings.